The first-order chi connectivity index (χ1) is 11.1. The first-order valence-electron chi connectivity index (χ1n) is 8.38. The number of primary amides is 1. The van der Waals surface area contributed by atoms with Gasteiger partial charge in [-0.05, 0) is 38.2 Å². The van der Waals surface area contributed by atoms with Gasteiger partial charge >= 0.3 is 0 Å². The Bertz CT molecular complexity index is 565. The number of nitrogens with zero attached hydrogens (tertiary/aromatic N) is 2. The predicted molar refractivity (Wildman–Crippen MR) is 83.9 cm³/mol. The van der Waals surface area contributed by atoms with E-state index in [1.165, 1.54) is 0 Å². The molecule has 126 valence electrons. The van der Waals surface area contributed by atoms with Crippen LogP contribution in [-0.4, -0.2) is 52.7 Å². The van der Waals surface area contributed by atoms with Crippen LogP contribution in [0.5, 0.6) is 0 Å². The van der Waals surface area contributed by atoms with E-state index in [-0.39, 0.29) is 23.6 Å². The van der Waals surface area contributed by atoms with E-state index >= 15 is 0 Å². The van der Waals surface area contributed by atoms with Gasteiger partial charge in [-0.15, -0.1) is 0 Å². The van der Waals surface area contributed by atoms with Crippen molar-refractivity contribution in [1.29, 1.82) is 0 Å². The third kappa shape index (κ3) is 3.90. The second kappa shape index (κ2) is 7.12. The van der Waals surface area contributed by atoms with E-state index < -0.39 is 5.91 Å². The number of nitrogens with two attached hydrogens (primary N) is 1. The fourth-order valence-electron chi connectivity index (χ4n) is 3.44. The summed E-state index contributed by atoms with van der Waals surface area (Å²) in [4.78, 5) is 25.5. The highest BCUT2D eigenvalue weighted by molar-refractivity contribution is 5.90. The van der Waals surface area contributed by atoms with Gasteiger partial charge in [0.25, 0.3) is 5.91 Å². The average Bonchev–Trinajstić information content (AvgIpc) is 3.24. The van der Waals surface area contributed by atoms with Crippen LogP contribution in [0.1, 0.15) is 60.6 Å². The smallest absolute Gasteiger partial charge is 0.269 e. The van der Waals surface area contributed by atoms with Crippen LogP contribution >= 0.6 is 0 Å². The summed E-state index contributed by atoms with van der Waals surface area (Å²) in [6.07, 6.45) is 5.73. The van der Waals surface area contributed by atoms with Gasteiger partial charge in [-0.1, -0.05) is 0 Å². The van der Waals surface area contributed by atoms with Gasteiger partial charge in [-0.3, -0.25) is 14.7 Å². The molecule has 2 atom stereocenters. The summed E-state index contributed by atoms with van der Waals surface area (Å²) < 4.78 is 5.58. The Morgan fingerprint density at radius 1 is 1.39 bits per heavy atom. The molecule has 2 aliphatic rings. The molecule has 2 amide bonds. The van der Waals surface area contributed by atoms with Gasteiger partial charge in [0, 0.05) is 37.7 Å². The summed E-state index contributed by atoms with van der Waals surface area (Å²) in [7, 11) is 0. The minimum Gasteiger partial charge on any atom is -0.378 e. The van der Waals surface area contributed by atoms with Gasteiger partial charge in [0.1, 0.15) is 5.69 Å². The Balaban J connectivity index is 1.54. The summed E-state index contributed by atoms with van der Waals surface area (Å²) in [5.74, 6) is -0.149. The molecule has 3 N–H and O–H groups in total. The van der Waals surface area contributed by atoms with E-state index in [4.69, 9.17) is 10.5 Å². The van der Waals surface area contributed by atoms with Crippen LogP contribution < -0.4 is 5.73 Å². The molecule has 7 nitrogen and oxygen atoms in total. The Morgan fingerprint density at radius 2 is 2.26 bits per heavy atom. The second-order valence-electron chi connectivity index (χ2n) is 6.43. The van der Waals surface area contributed by atoms with Crippen LogP contribution in [0.25, 0.3) is 0 Å². The minimum atomic E-state index is -0.534. The fourth-order valence-corrected chi connectivity index (χ4v) is 3.44. The van der Waals surface area contributed by atoms with E-state index in [9.17, 15) is 9.59 Å². The Morgan fingerprint density at radius 3 is 2.96 bits per heavy atom. The number of ether oxygens (including phenoxy) is 1. The summed E-state index contributed by atoms with van der Waals surface area (Å²) in [6.45, 7) is 2.30. The molecule has 7 heteroatoms. The highest BCUT2D eigenvalue weighted by atomic mass is 16.5. The Hall–Kier alpha value is -1.89. The highest BCUT2D eigenvalue weighted by Gasteiger charge is 2.27. The molecule has 2 aliphatic heterocycles. The standard InChI is InChI=1S/C16H24N4O3/c17-16(22)14-9-13(18-19-14)11-3-1-7-20(10-11)15(21)6-5-12-4-2-8-23-12/h9,11-12H,1-8,10H2,(H2,17,22)(H,18,19). The molecule has 0 saturated carbocycles. The molecule has 0 aliphatic carbocycles. The van der Waals surface area contributed by atoms with Crippen molar-refractivity contribution in [1.82, 2.24) is 15.1 Å². The van der Waals surface area contributed by atoms with Crippen LogP contribution in [0.2, 0.25) is 0 Å². The van der Waals surface area contributed by atoms with Crippen molar-refractivity contribution in [2.45, 2.75) is 50.5 Å². The second-order valence-corrected chi connectivity index (χ2v) is 6.43. The lowest BCUT2D eigenvalue weighted by atomic mass is 9.94. The number of amides is 2. The van der Waals surface area contributed by atoms with E-state index in [0.717, 1.165) is 50.9 Å². The fraction of sp³-hybridized carbons (Fsp3) is 0.688. The number of piperidine rings is 1. The first kappa shape index (κ1) is 16.0. The average molecular weight is 320 g/mol. The zero-order chi connectivity index (χ0) is 16.2. The molecule has 2 fully saturated rings. The van der Waals surface area contributed by atoms with Gasteiger partial charge < -0.3 is 15.4 Å². The molecule has 3 rings (SSSR count). The maximum Gasteiger partial charge on any atom is 0.269 e. The largest absolute Gasteiger partial charge is 0.378 e. The van der Waals surface area contributed by atoms with E-state index in [0.29, 0.717) is 13.0 Å². The summed E-state index contributed by atoms with van der Waals surface area (Å²) in [5, 5.41) is 6.81. The van der Waals surface area contributed by atoms with Crippen molar-refractivity contribution < 1.29 is 14.3 Å². The zero-order valence-electron chi connectivity index (χ0n) is 13.3. The maximum absolute atomic E-state index is 12.4. The molecule has 3 heterocycles. The number of carbonyl (C=O) groups is 2. The molecule has 0 bridgehead atoms. The topological polar surface area (TPSA) is 101 Å². The first-order valence-corrected chi connectivity index (χ1v) is 8.38. The molecule has 0 spiro atoms. The summed E-state index contributed by atoms with van der Waals surface area (Å²) >= 11 is 0. The molecular formula is C16H24N4O3. The normalized spacial score (nSPS) is 24.8. The number of H-pyrrole nitrogens is 1. The number of carbonyl (C=O) groups excluding carboxylic acids is 2. The zero-order valence-corrected chi connectivity index (χ0v) is 13.3. The van der Waals surface area contributed by atoms with Crippen molar-refractivity contribution in [3.63, 3.8) is 0 Å². The third-order valence-electron chi connectivity index (χ3n) is 4.77. The monoisotopic (exact) mass is 320 g/mol. The summed E-state index contributed by atoms with van der Waals surface area (Å²) in [5.41, 5.74) is 6.37. The molecular weight excluding hydrogens is 296 g/mol. The van der Waals surface area contributed by atoms with E-state index in [1.807, 2.05) is 4.90 Å². The van der Waals surface area contributed by atoms with Crippen molar-refractivity contribution >= 4 is 11.8 Å². The molecule has 0 radical (unpaired) electrons. The molecule has 0 aromatic carbocycles. The van der Waals surface area contributed by atoms with Crippen molar-refractivity contribution in [3.8, 4) is 0 Å². The van der Waals surface area contributed by atoms with E-state index in [1.54, 1.807) is 6.07 Å². The van der Waals surface area contributed by atoms with Crippen LogP contribution in [0.3, 0.4) is 0 Å². The molecule has 23 heavy (non-hydrogen) atoms. The number of aromatic nitrogens is 2. The van der Waals surface area contributed by atoms with Crippen LogP contribution in [0, 0.1) is 0 Å². The molecule has 2 unspecified atom stereocenters. The number of nitrogens with one attached hydrogen (secondary N) is 1. The van der Waals surface area contributed by atoms with Gasteiger partial charge in [-0.25, -0.2) is 0 Å². The number of hydrogen-bond donors (Lipinski definition) is 2. The molecule has 2 saturated heterocycles. The number of likely N-dealkylation sites (tertiary alicyclic amines) is 1. The van der Waals surface area contributed by atoms with Crippen molar-refractivity contribution in [2.75, 3.05) is 19.7 Å². The Labute approximate surface area is 135 Å². The van der Waals surface area contributed by atoms with Crippen LogP contribution in [-0.2, 0) is 9.53 Å². The lowest BCUT2D eigenvalue weighted by Crippen LogP contribution is -2.39. The van der Waals surface area contributed by atoms with Gasteiger partial charge in [0.05, 0.1) is 6.10 Å². The van der Waals surface area contributed by atoms with Crippen molar-refractivity contribution in [3.05, 3.63) is 17.5 Å². The van der Waals surface area contributed by atoms with Crippen LogP contribution in [0.4, 0.5) is 0 Å². The SMILES string of the molecule is NC(=O)c1cc(C2CCCN(C(=O)CCC3CCCO3)C2)[nH]n1. The van der Waals surface area contributed by atoms with Crippen molar-refractivity contribution in [2.24, 2.45) is 5.73 Å². The molecule has 1 aromatic heterocycles. The lowest BCUT2D eigenvalue weighted by Gasteiger charge is -2.32. The van der Waals surface area contributed by atoms with Gasteiger partial charge in [-0.2, -0.15) is 5.10 Å². The number of aromatic amines is 1. The van der Waals surface area contributed by atoms with Gasteiger partial charge in [0.15, 0.2) is 0 Å². The maximum atomic E-state index is 12.4. The molecule has 1 aromatic rings. The number of hydrogen-bond acceptors (Lipinski definition) is 4. The summed E-state index contributed by atoms with van der Waals surface area (Å²) in [6, 6.07) is 1.70. The van der Waals surface area contributed by atoms with Gasteiger partial charge in [0.2, 0.25) is 5.91 Å². The van der Waals surface area contributed by atoms with Crippen LogP contribution in [0.15, 0.2) is 6.07 Å². The number of rotatable bonds is 5. The lowest BCUT2D eigenvalue weighted by molar-refractivity contribution is -0.133. The third-order valence-corrected chi connectivity index (χ3v) is 4.77. The highest BCUT2D eigenvalue weighted by Crippen LogP contribution is 2.27. The quantitative estimate of drug-likeness (QED) is 0.850. The predicted octanol–water partition coefficient (Wildman–Crippen LogP) is 1.17. The minimum absolute atomic E-state index is 0.191. The van der Waals surface area contributed by atoms with E-state index in [2.05, 4.69) is 10.2 Å². The Kier molecular flexibility index (Phi) is 4.95.